The van der Waals surface area contributed by atoms with E-state index >= 15 is 0 Å². The van der Waals surface area contributed by atoms with Gasteiger partial charge in [0.05, 0.1) is 11.3 Å². The zero-order valence-electron chi connectivity index (χ0n) is 13.6. The molecule has 3 rings (SSSR count). The maximum atomic E-state index is 12.7. The Balaban J connectivity index is 1.62. The summed E-state index contributed by atoms with van der Waals surface area (Å²) in [6.07, 6.45) is 0.335. The van der Waals surface area contributed by atoms with Gasteiger partial charge in [-0.25, -0.2) is 8.42 Å². The molecule has 2 aromatic rings. The molecule has 5 nitrogen and oxygen atoms in total. The largest absolute Gasteiger partial charge is 0.340 e. The number of sulfonamides is 1. The van der Waals surface area contributed by atoms with E-state index in [0.29, 0.717) is 24.5 Å². The number of carbonyl (C=O) groups is 1. The molecule has 1 saturated heterocycles. The molecule has 0 N–H and O–H groups in total. The molecule has 1 aliphatic heterocycles. The average molecular weight is 379 g/mol. The fourth-order valence-electron chi connectivity index (χ4n) is 2.84. The van der Waals surface area contributed by atoms with Crippen molar-refractivity contribution in [1.29, 1.82) is 0 Å². The molecule has 0 bridgehead atoms. The first-order chi connectivity index (χ1) is 12.0. The lowest BCUT2D eigenvalue weighted by Crippen LogP contribution is -2.50. The van der Waals surface area contributed by atoms with Crippen molar-refractivity contribution in [3.63, 3.8) is 0 Å². The van der Waals surface area contributed by atoms with Crippen LogP contribution in [0.4, 0.5) is 0 Å². The van der Waals surface area contributed by atoms with E-state index in [1.807, 2.05) is 30.3 Å². The molecule has 25 heavy (non-hydrogen) atoms. The standard InChI is InChI=1S/C18H19ClN2O3S/c19-16-7-4-8-17(14-16)25(23,24)21-11-9-20(10-12-21)18(22)13-15-5-2-1-3-6-15/h1-8,14H,9-13H2. The molecule has 0 aliphatic carbocycles. The van der Waals surface area contributed by atoms with Crippen LogP contribution in [0.25, 0.3) is 0 Å². The van der Waals surface area contributed by atoms with Gasteiger partial charge in [-0.2, -0.15) is 4.31 Å². The van der Waals surface area contributed by atoms with Crippen LogP contribution < -0.4 is 0 Å². The van der Waals surface area contributed by atoms with Gasteiger partial charge < -0.3 is 4.90 Å². The van der Waals surface area contributed by atoms with Crippen molar-refractivity contribution >= 4 is 27.5 Å². The molecule has 7 heteroatoms. The van der Waals surface area contributed by atoms with Crippen molar-refractivity contribution in [2.24, 2.45) is 0 Å². The first kappa shape index (κ1) is 17.9. The zero-order valence-corrected chi connectivity index (χ0v) is 15.2. The topological polar surface area (TPSA) is 57.7 Å². The van der Waals surface area contributed by atoms with Crippen LogP contribution in [0.5, 0.6) is 0 Å². The van der Waals surface area contributed by atoms with E-state index in [1.54, 1.807) is 17.0 Å². The molecular formula is C18H19ClN2O3S. The Kier molecular flexibility index (Phi) is 5.42. The van der Waals surface area contributed by atoms with Gasteiger partial charge in [-0.15, -0.1) is 0 Å². The SMILES string of the molecule is O=C(Cc1ccccc1)N1CCN(S(=O)(=O)c2cccc(Cl)c2)CC1. The lowest BCUT2D eigenvalue weighted by Gasteiger charge is -2.34. The van der Waals surface area contributed by atoms with E-state index in [2.05, 4.69) is 0 Å². The van der Waals surface area contributed by atoms with E-state index in [-0.39, 0.29) is 23.9 Å². The molecular weight excluding hydrogens is 360 g/mol. The van der Waals surface area contributed by atoms with Gasteiger partial charge >= 0.3 is 0 Å². The minimum atomic E-state index is -3.58. The van der Waals surface area contributed by atoms with Gasteiger partial charge in [-0.3, -0.25) is 4.79 Å². The Morgan fingerprint density at radius 1 is 0.960 bits per heavy atom. The minimum Gasteiger partial charge on any atom is -0.340 e. The second-order valence-electron chi connectivity index (χ2n) is 5.90. The number of rotatable bonds is 4. The van der Waals surface area contributed by atoms with Crippen molar-refractivity contribution < 1.29 is 13.2 Å². The summed E-state index contributed by atoms with van der Waals surface area (Å²) in [5.41, 5.74) is 0.960. The van der Waals surface area contributed by atoms with Gasteiger partial charge in [-0.05, 0) is 23.8 Å². The molecule has 1 fully saturated rings. The predicted octanol–water partition coefficient (Wildman–Crippen LogP) is 2.42. The molecule has 0 saturated carbocycles. The summed E-state index contributed by atoms with van der Waals surface area (Å²) < 4.78 is 26.7. The van der Waals surface area contributed by atoms with Gasteiger partial charge in [-0.1, -0.05) is 48.0 Å². The Hall–Kier alpha value is -1.89. The normalized spacial score (nSPS) is 16.0. The first-order valence-corrected chi connectivity index (χ1v) is 9.86. The molecule has 0 atom stereocenters. The quantitative estimate of drug-likeness (QED) is 0.821. The molecule has 0 radical (unpaired) electrons. The van der Waals surface area contributed by atoms with Crippen molar-refractivity contribution in [3.8, 4) is 0 Å². The summed E-state index contributed by atoms with van der Waals surface area (Å²) in [6, 6.07) is 15.8. The lowest BCUT2D eigenvalue weighted by atomic mass is 10.1. The average Bonchev–Trinajstić information content (AvgIpc) is 2.62. The number of piperazine rings is 1. The molecule has 2 aromatic carbocycles. The number of carbonyl (C=O) groups excluding carboxylic acids is 1. The fraction of sp³-hybridized carbons (Fsp3) is 0.278. The van der Waals surface area contributed by atoms with E-state index < -0.39 is 10.0 Å². The highest BCUT2D eigenvalue weighted by Crippen LogP contribution is 2.21. The summed E-state index contributed by atoms with van der Waals surface area (Å²) >= 11 is 5.90. The van der Waals surface area contributed by atoms with Crippen molar-refractivity contribution in [3.05, 3.63) is 65.2 Å². The molecule has 0 unspecified atom stereocenters. The Morgan fingerprint density at radius 3 is 2.28 bits per heavy atom. The number of hydrogen-bond donors (Lipinski definition) is 0. The molecule has 1 amide bonds. The van der Waals surface area contributed by atoms with Crippen LogP contribution >= 0.6 is 11.6 Å². The van der Waals surface area contributed by atoms with Crippen LogP contribution in [0.2, 0.25) is 5.02 Å². The van der Waals surface area contributed by atoms with Crippen LogP contribution in [-0.4, -0.2) is 49.7 Å². The maximum absolute atomic E-state index is 12.7. The first-order valence-electron chi connectivity index (χ1n) is 8.04. The van der Waals surface area contributed by atoms with Gasteiger partial charge in [0, 0.05) is 31.2 Å². The van der Waals surface area contributed by atoms with Gasteiger partial charge in [0.25, 0.3) is 0 Å². The second kappa shape index (κ2) is 7.56. The summed E-state index contributed by atoms with van der Waals surface area (Å²) in [6.45, 7) is 1.36. The smallest absolute Gasteiger partial charge is 0.243 e. The highest BCUT2D eigenvalue weighted by Gasteiger charge is 2.30. The molecule has 1 heterocycles. The maximum Gasteiger partial charge on any atom is 0.243 e. The highest BCUT2D eigenvalue weighted by molar-refractivity contribution is 7.89. The summed E-state index contributed by atoms with van der Waals surface area (Å²) in [5, 5.41) is 0.387. The predicted molar refractivity (Wildman–Crippen MR) is 96.9 cm³/mol. The van der Waals surface area contributed by atoms with Gasteiger partial charge in [0.2, 0.25) is 15.9 Å². The van der Waals surface area contributed by atoms with Crippen LogP contribution in [0.3, 0.4) is 0 Å². The molecule has 132 valence electrons. The number of amides is 1. The third-order valence-electron chi connectivity index (χ3n) is 4.22. The van der Waals surface area contributed by atoms with E-state index in [0.717, 1.165) is 5.56 Å². The molecule has 0 aromatic heterocycles. The summed E-state index contributed by atoms with van der Waals surface area (Å²) in [4.78, 5) is 14.3. The van der Waals surface area contributed by atoms with Crippen LogP contribution in [0.1, 0.15) is 5.56 Å². The highest BCUT2D eigenvalue weighted by atomic mass is 35.5. The van der Waals surface area contributed by atoms with E-state index in [9.17, 15) is 13.2 Å². The zero-order chi connectivity index (χ0) is 17.9. The lowest BCUT2D eigenvalue weighted by molar-refractivity contribution is -0.131. The summed E-state index contributed by atoms with van der Waals surface area (Å²) in [7, 11) is -3.58. The Bertz CT molecular complexity index is 848. The van der Waals surface area contributed by atoms with E-state index in [1.165, 1.54) is 16.4 Å². The third kappa shape index (κ3) is 4.21. The Labute approximate surface area is 152 Å². The molecule has 0 spiro atoms. The summed E-state index contributed by atoms with van der Waals surface area (Å²) in [5.74, 6) is 0.0194. The Morgan fingerprint density at radius 2 is 1.64 bits per heavy atom. The van der Waals surface area contributed by atoms with Crippen LogP contribution in [0, 0.1) is 0 Å². The van der Waals surface area contributed by atoms with Gasteiger partial charge in [0.1, 0.15) is 0 Å². The van der Waals surface area contributed by atoms with Crippen molar-refractivity contribution in [2.75, 3.05) is 26.2 Å². The number of benzene rings is 2. The van der Waals surface area contributed by atoms with Crippen LogP contribution in [-0.2, 0) is 21.2 Å². The fourth-order valence-corrected chi connectivity index (χ4v) is 4.56. The van der Waals surface area contributed by atoms with E-state index in [4.69, 9.17) is 11.6 Å². The van der Waals surface area contributed by atoms with Crippen molar-refractivity contribution in [1.82, 2.24) is 9.21 Å². The van der Waals surface area contributed by atoms with Gasteiger partial charge in [0.15, 0.2) is 0 Å². The van der Waals surface area contributed by atoms with Crippen LogP contribution in [0.15, 0.2) is 59.5 Å². The third-order valence-corrected chi connectivity index (χ3v) is 6.35. The molecule has 1 aliphatic rings. The minimum absolute atomic E-state index is 0.0194. The number of hydrogen-bond acceptors (Lipinski definition) is 3. The second-order valence-corrected chi connectivity index (χ2v) is 8.28. The number of nitrogens with zero attached hydrogens (tertiary/aromatic N) is 2. The number of halogens is 1. The monoisotopic (exact) mass is 378 g/mol. The van der Waals surface area contributed by atoms with Crippen molar-refractivity contribution in [2.45, 2.75) is 11.3 Å².